The van der Waals surface area contributed by atoms with Gasteiger partial charge in [-0.05, 0) is 50.7 Å². The van der Waals surface area contributed by atoms with Crippen LogP contribution >= 0.6 is 0 Å². The van der Waals surface area contributed by atoms with E-state index in [1.54, 1.807) is 4.90 Å². The van der Waals surface area contributed by atoms with Crippen molar-refractivity contribution in [2.75, 3.05) is 18.0 Å². The highest BCUT2D eigenvalue weighted by Gasteiger charge is 2.39. The first-order valence-electron chi connectivity index (χ1n) is 12.8. The van der Waals surface area contributed by atoms with E-state index in [1.165, 1.54) is 32.1 Å². The van der Waals surface area contributed by atoms with Gasteiger partial charge in [-0.2, -0.15) is 0 Å². The number of hydrogen-bond donors (Lipinski definition) is 1. The van der Waals surface area contributed by atoms with Gasteiger partial charge in [-0.1, -0.05) is 44.7 Å². The molecule has 1 saturated carbocycles. The summed E-state index contributed by atoms with van der Waals surface area (Å²) in [6.07, 6.45) is 11.4. The van der Waals surface area contributed by atoms with E-state index in [2.05, 4.69) is 16.8 Å². The maximum atomic E-state index is 13.8. The third-order valence-electron chi connectivity index (χ3n) is 8.12. The number of para-hydroxylation sites is 2. The summed E-state index contributed by atoms with van der Waals surface area (Å²) in [5.41, 5.74) is 1.50. The van der Waals surface area contributed by atoms with E-state index in [0.29, 0.717) is 30.9 Å². The van der Waals surface area contributed by atoms with Gasteiger partial charge in [-0.25, -0.2) is 9.78 Å². The van der Waals surface area contributed by atoms with Crippen LogP contribution in [0.5, 0.6) is 0 Å². The van der Waals surface area contributed by atoms with Gasteiger partial charge in [0.15, 0.2) is 5.82 Å². The number of aromatic nitrogens is 2. The van der Waals surface area contributed by atoms with Crippen LogP contribution in [-0.2, 0) is 4.79 Å². The van der Waals surface area contributed by atoms with Crippen molar-refractivity contribution >= 4 is 22.8 Å². The number of anilines is 1. The summed E-state index contributed by atoms with van der Waals surface area (Å²) >= 11 is 0. The Kier molecular flexibility index (Phi) is 6.41. The van der Waals surface area contributed by atoms with Crippen LogP contribution in [0, 0.1) is 0 Å². The van der Waals surface area contributed by atoms with Crippen LogP contribution in [0.15, 0.2) is 29.1 Å². The molecular formula is C26H36N4O3. The van der Waals surface area contributed by atoms with Crippen LogP contribution in [0.4, 0.5) is 5.82 Å². The van der Waals surface area contributed by atoms with Gasteiger partial charge in [-0.3, -0.25) is 9.69 Å². The zero-order chi connectivity index (χ0) is 22.9. The molecule has 5 rings (SSSR count). The van der Waals surface area contributed by atoms with Crippen molar-refractivity contribution in [3.8, 4) is 0 Å². The highest BCUT2D eigenvalue weighted by molar-refractivity contribution is 5.81. The van der Waals surface area contributed by atoms with Gasteiger partial charge in [-0.15, -0.1) is 0 Å². The van der Waals surface area contributed by atoms with Crippen molar-refractivity contribution in [1.82, 2.24) is 14.5 Å². The number of fused-ring (bicyclic) bond motifs is 1. The summed E-state index contributed by atoms with van der Waals surface area (Å²) < 4.78 is 1.95. The number of rotatable bonds is 6. The van der Waals surface area contributed by atoms with E-state index in [-0.39, 0.29) is 11.6 Å². The number of carbonyl (C=O) groups is 1. The van der Waals surface area contributed by atoms with Crippen molar-refractivity contribution in [3.63, 3.8) is 0 Å². The molecule has 7 nitrogen and oxygen atoms in total. The fourth-order valence-corrected chi connectivity index (χ4v) is 6.38. The lowest BCUT2D eigenvalue weighted by Crippen LogP contribution is -2.55. The SMILES string of the molecule is CCC[C@@H]1C[C@H](n2c(=O)c(N3CC[C@H]3C(=O)O)nc3ccccc32)CCN1C1CCCCC1. The quantitative estimate of drug-likeness (QED) is 0.708. The fourth-order valence-electron chi connectivity index (χ4n) is 6.38. The Bertz CT molecular complexity index is 1060. The Labute approximate surface area is 195 Å². The van der Waals surface area contributed by atoms with Crippen LogP contribution < -0.4 is 10.5 Å². The lowest BCUT2D eigenvalue weighted by molar-refractivity contribution is -0.140. The molecule has 3 fully saturated rings. The van der Waals surface area contributed by atoms with Crippen molar-refractivity contribution < 1.29 is 9.90 Å². The molecule has 0 amide bonds. The molecule has 1 aromatic carbocycles. The van der Waals surface area contributed by atoms with E-state index in [9.17, 15) is 14.7 Å². The maximum Gasteiger partial charge on any atom is 0.326 e. The van der Waals surface area contributed by atoms with Gasteiger partial charge in [0.25, 0.3) is 5.56 Å². The molecule has 0 unspecified atom stereocenters. The molecule has 2 aliphatic heterocycles. The Balaban J connectivity index is 1.50. The van der Waals surface area contributed by atoms with E-state index < -0.39 is 12.0 Å². The lowest BCUT2D eigenvalue weighted by Gasteiger charge is -2.46. The molecule has 3 heterocycles. The second-order valence-corrected chi connectivity index (χ2v) is 10.1. The molecule has 1 aliphatic carbocycles. The minimum atomic E-state index is -0.883. The summed E-state index contributed by atoms with van der Waals surface area (Å²) in [5, 5.41) is 9.55. The molecule has 0 bridgehead atoms. The number of piperidine rings is 1. The molecule has 0 spiro atoms. The van der Waals surface area contributed by atoms with Gasteiger partial charge in [0.05, 0.1) is 11.0 Å². The molecule has 2 saturated heterocycles. The van der Waals surface area contributed by atoms with E-state index in [4.69, 9.17) is 0 Å². The minimum absolute atomic E-state index is 0.116. The second-order valence-electron chi connectivity index (χ2n) is 10.1. The number of benzene rings is 1. The van der Waals surface area contributed by atoms with Gasteiger partial charge in [0.1, 0.15) is 6.04 Å². The van der Waals surface area contributed by atoms with E-state index in [1.807, 2.05) is 28.8 Å². The highest BCUT2D eigenvalue weighted by atomic mass is 16.4. The third kappa shape index (κ3) is 4.16. The molecule has 178 valence electrons. The van der Waals surface area contributed by atoms with Gasteiger partial charge < -0.3 is 14.6 Å². The van der Waals surface area contributed by atoms with Crippen LogP contribution in [0.25, 0.3) is 11.0 Å². The molecule has 3 atom stereocenters. The number of aliphatic carboxylic acids is 1. The van der Waals surface area contributed by atoms with Gasteiger partial charge in [0.2, 0.25) is 0 Å². The van der Waals surface area contributed by atoms with Gasteiger partial charge in [0, 0.05) is 31.2 Å². The number of nitrogens with zero attached hydrogens (tertiary/aromatic N) is 4. The second kappa shape index (κ2) is 9.45. The normalized spacial score (nSPS) is 26.9. The smallest absolute Gasteiger partial charge is 0.326 e. The Hall–Kier alpha value is -2.41. The van der Waals surface area contributed by atoms with Crippen molar-refractivity contribution in [2.45, 2.75) is 95.3 Å². The number of carboxylic acid groups (broad SMARTS) is 1. The first kappa shape index (κ1) is 22.4. The molecule has 3 aliphatic rings. The fraction of sp³-hybridized carbons (Fsp3) is 0.654. The number of hydrogen-bond acceptors (Lipinski definition) is 5. The van der Waals surface area contributed by atoms with Crippen LogP contribution in [0.3, 0.4) is 0 Å². The first-order chi connectivity index (χ1) is 16.1. The van der Waals surface area contributed by atoms with Crippen molar-refractivity contribution in [1.29, 1.82) is 0 Å². The summed E-state index contributed by atoms with van der Waals surface area (Å²) in [7, 11) is 0. The first-order valence-corrected chi connectivity index (χ1v) is 12.8. The minimum Gasteiger partial charge on any atom is -0.480 e. The molecular weight excluding hydrogens is 416 g/mol. The standard InChI is InChI=1S/C26H36N4O3/c1-2-8-19-17-20(13-15-28(19)18-9-4-3-5-10-18)30-22-12-7-6-11-21(22)27-24(25(30)31)29-16-14-23(29)26(32)33/h6-7,11-12,18-20,23H,2-5,8-10,13-17H2,1H3,(H,32,33)/t19-,20-,23+/m1/s1. The summed E-state index contributed by atoms with van der Waals surface area (Å²) in [5.74, 6) is -0.583. The predicted octanol–water partition coefficient (Wildman–Crippen LogP) is 4.20. The van der Waals surface area contributed by atoms with E-state index in [0.717, 1.165) is 43.3 Å². The highest BCUT2D eigenvalue weighted by Crippen LogP contribution is 2.36. The average molecular weight is 453 g/mol. The Morgan fingerprint density at radius 1 is 1.06 bits per heavy atom. The van der Waals surface area contributed by atoms with E-state index >= 15 is 0 Å². The topological polar surface area (TPSA) is 78.7 Å². The largest absolute Gasteiger partial charge is 0.480 e. The Morgan fingerprint density at radius 3 is 2.55 bits per heavy atom. The summed E-state index contributed by atoms with van der Waals surface area (Å²) in [4.78, 5) is 34.5. The molecule has 7 heteroatoms. The predicted molar refractivity (Wildman–Crippen MR) is 130 cm³/mol. The van der Waals surface area contributed by atoms with Crippen molar-refractivity contribution in [2.24, 2.45) is 0 Å². The van der Waals surface area contributed by atoms with Gasteiger partial charge >= 0.3 is 5.97 Å². The molecule has 2 aromatic rings. The molecule has 33 heavy (non-hydrogen) atoms. The zero-order valence-electron chi connectivity index (χ0n) is 19.7. The third-order valence-corrected chi connectivity index (χ3v) is 8.12. The zero-order valence-corrected chi connectivity index (χ0v) is 19.7. The summed E-state index contributed by atoms with van der Waals surface area (Å²) in [6, 6.07) is 8.47. The maximum absolute atomic E-state index is 13.8. The number of carboxylic acids is 1. The lowest BCUT2D eigenvalue weighted by atomic mass is 9.87. The average Bonchev–Trinajstić information content (AvgIpc) is 2.79. The monoisotopic (exact) mass is 452 g/mol. The Morgan fingerprint density at radius 2 is 1.85 bits per heavy atom. The van der Waals surface area contributed by atoms with Crippen LogP contribution in [0.1, 0.15) is 77.2 Å². The number of likely N-dealkylation sites (tertiary alicyclic amines) is 1. The van der Waals surface area contributed by atoms with Crippen LogP contribution in [0.2, 0.25) is 0 Å². The molecule has 1 aromatic heterocycles. The van der Waals surface area contributed by atoms with Crippen LogP contribution in [-0.4, -0.2) is 56.7 Å². The summed E-state index contributed by atoms with van der Waals surface area (Å²) in [6.45, 7) is 3.85. The molecule has 1 N–H and O–H groups in total. The van der Waals surface area contributed by atoms with Crippen molar-refractivity contribution in [3.05, 3.63) is 34.6 Å². The molecule has 0 radical (unpaired) electrons.